The van der Waals surface area contributed by atoms with Crippen LogP contribution in [-0.2, 0) is 0 Å². The van der Waals surface area contributed by atoms with Gasteiger partial charge in [-0.2, -0.15) is 0 Å². The van der Waals surface area contributed by atoms with E-state index >= 15 is 0 Å². The Labute approximate surface area is 165 Å². The van der Waals surface area contributed by atoms with Gasteiger partial charge >= 0.3 is 0 Å². The summed E-state index contributed by atoms with van der Waals surface area (Å²) in [4.78, 5) is 19.6. The lowest BCUT2D eigenvalue weighted by molar-refractivity contribution is 0.103. The van der Waals surface area contributed by atoms with E-state index in [9.17, 15) is 4.79 Å². The summed E-state index contributed by atoms with van der Waals surface area (Å²) >= 11 is 5.18. The van der Waals surface area contributed by atoms with E-state index in [1.54, 1.807) is 11.3 Å². The minimum Gasteiger partial charge on any atom is -0.397 e. The first-order valence-electron chi connectivity index (χ1n) is 7.41. The molecule has 4 nitrogen and oxygen atoms in total. The number of amides is 1. The maximum atomic E-state index is 12.6. The summed E-state index contributed by atoms with van der Waals surface area (Å²) in [6.45, 7) is 0. The lowest BCUT2D eigenvalue weighted by atomic mass is 10.2. The quantitative estimate of drug-likeness (QED) is 0.385. The number of thiophene rings is 2. The largest absolute Gasteiger partial charge is 0.397 e. The number of rotatable bonds is 3. The Bertz CT molecular complexity index is 1060. The first-order chi connectivity index (χ1) is 12.1. The Morgan fingerprint density at radius 3 is 2.64 bits per heavy atom. The van der Waals surface area contributed by atoms with E-state index in [4.69, 9.17) is 5.73 Å². The minimum atomic E-state index is -0.209. The van der Waals surface area contributed by atoms with Crippen LogP contribution in [-0.4, -0.2) is 10.9 Å². The van der Waals surface area contributed by atoms with Crippen LogP contribution in [0.2, 0.25) is 0 Å². The molecule has 0 radical (unpaired) electrons. The summed E-state index contributed by atoms with van der Waals surface area (Å²) in [6.07, 6.45) is 0. The molecule has 1 amide bonds. The third-order valence-electron chi connectivity index (χ3n) is 3.68. The SMILES string of the molecule is Nc1c(C(=O)Nc2ccc(I)cc2)sc2nc(-c3cccs3)ccc12. The Morgan fingerprint density at radius 1 is 1.12 bits per heavy atom. The normalized spacial score (nSPS) is 10.9. The number of carbonyl (C=O) groups excluding carboxylic acids is 1. The highest BCUT2D eigenvalue weighted by atomic mass is 127. The van der Waals surface area contributed by atoms with Crippen LogP contribution in [0.5, 0.6) is 0 Å². The minimum absolute atomic E-state index is 0.209. The number of halogens is 1. The van der Waals surface area contributed by atoms with E-state index in [1.165, 1.54) is 11.3 Å². The number of nitrogens with two attached hydrogens (primary N) is 1. The van der Waals surface area contributed by atoms with E-state index in [2.05, 4.69) is 32.9 Å². The van der Waals surface area contributed by atoms with Gasteiger partial charge in [0, 0.05) is 14.6 Å². The van der Waals surface area contributed by atoms with Crippen LogP contribution in [0.1, 0.15) is 9.67 Å². The highest BCUT2D eigenvalue weighted by Crippen LogP contribution is 2.35. The summed E-state index contributed by atoms with van der Waals surface area (Å²) in [5.74, 6) is -0.209. The Balaban J connectivity index is 1.68. The maximum absolute atomic E-state index is 12.6. The van der Waals surface area contributed by atoms with E-state index < -0.39 is 0 Å². The van der Waals surface area contributed by atoms with Gasteiger partial charge in [0.15, 0.2) is 0 Å². The molecule has 3 N–H and O–H groups in total. The molecule has 124 valence electrons. The smallest absolute Gasteiger partial charge is 0.267 e. The van der Waals surface area contributed by atoms with Gasteiger partial charge in [0.05, 0.1) is 16.3 Å². The van der Waals surface area contributed by atoms with Crippen LogP contribution in [0.25, 0.3) is 20.8 Å². The van der Waals surface area contributed by atoms with Gasteiger partial charge < -0.3 is 11.1 Å². The van der Waals surface area contributed by atoms with Crippen LogP contribution in [0.4, 0.5) is 11.4 Å². The van der Waals surface area contributed by atoms with Crippen molar-refractivity contribution in [3.63, 3.8) is 0 Å². The second-order valence-electron chi connectivity index (χ2n) is 5.33. The molecule has 0 saturated carbocycles. The lowest BCUT2D eigenvalue weighted by Gasteiger charge is -2.04. The van der Waals surface area contributed by atoms with E-state index in [0.717, 1.165) is 30.0 Å². The second kappa shape index (κ2) is 6.74. The van der Waals surface area contributed by atoms with Crippen LogP contribution < -0.4 is 11.1 Å². The second-order valence-corrected chi connectivity index (χ2v) is 8.52. The average Bonchev–Trinajstić information content (AvgIpc) is 3.25. The predicted octanol–water partition coefficient (Wildman–Crippen LogP) is 5.46. The molecule has 0 aliphatic carbocycles. The average molecular weight is 477 g/mol. The summed E-state index contributed by atoms with van der Waals surface area (Å²) in [5, 5.41) is 5.73. The fourth-order valence-corrected chi connectivity index (χ4v) is 4.49. The van der Waals surface area contributed by atoms with Crippen molar-refractivity contribution in [1.29, 1.82) is 0 Å². The molecule has 3 heterocycles. The van der Waals surface area contributed by atoms with Crippen molar-refractivity contribution in [2.45, 2.75) is 0 Å². The Morgan fingerprint density at radius 2 is 1.92 bits per heavy atom. The number of nitrogens with one attached hydrogen (secondary N) is 1. The molecule has 0 bridgehead atoms. The molecule has 0 aliphatic heterocycles. The number of pyridine rings is 1. The zero-order chi connectivity index (χ0) is 17.4. The molecule has 4 rings (SSSR count). The topological polar surface area (TPSA) is 68.0 Å². The third kappa shape index (κ3) is 3.26. The summed E-state index contributed by atoms with van der Waals surface area (Å²) in [5.41, 5.74) is 8.32. The zero-order valence-corrected chi connectivity index (χ0v) is 16.6. The highest BCUT2D eigenvalue weighted by Gasteiger charge is 2.18. The molecular weight excluding hydrogens is 465 g/mol. The van der Waals surface area contributed by atoms with Crippen molar-refractivity contribution < 1.29 is 4.79 Å². The lowest BCUT2D eigenvalue weighted by Crippen LogP contribution is -2.11. The first-order valence-corrected chi connectivity index (χ1v) is 10.2. The van der Waals surface area contributed by atoms with Crippen LogP contribution in [0.15, 0.2) is 53.9 Å². The number of nitrogen functional groups attached to an aromatic ring is 1. The number of hydrogen-bond acceptors (Lipinski definition) is 5. The molecule has 4 aromatic rings. The monoisotopic (exact) mass is 477 g/mol. The number of carbonyl (C=O) groups is 1. The fourth-order valence-electron chi connectivity index (χ4n) is 2.45. The standard InChI is InChI=1S/C18H12IN3OS2/c19-10-3-5-11(6-4-10)21-17(23)16-15(20)12-7-8-13(22-18(12)25-16)14-2-1-9-24-14/h1-9H,20H2,(H,21,23). The summed E-state index contributed by atoms with van der Waals surface area (Å²) in [6, 6.07) is 15.5. The van der Waals surface area contributed by atoms with Gasteiger partial charge in [0.2, 0.25) is 0 Å². The molecule has 1 aromatic carbocycles. The maximum Gasteiger partial charge on any atom is 0.267 e. The molecule has 0 aliphatic rings. The van der Waals surface area contributed by atoms with Gasteiger partial charge in [-0.05, 0) is 70.4 Å². The van der Waals surface area contributed by atoms with Crippen molar-refractivity contribution in [1.82, 2.24) is 4.98 Å². The highest BCUT2D eigenvalue weighted by molar-refractivity contribution is 14.1. The molecule has 25 heavy (non-hydrogen) atoms. The van der Waals surface area contributed by atoms with Gasteiger partial charge in [-0.25, -0.2) is 4.98 Å². The number of fused-ring (bicyclic) bond motifs is 1. The molecule has 0 unspecified atom stereocenters. The first kappa shape index (κ1) is 16.5. The van der Waals surface area contributed by atoms with E-state index in [-0.39, 0.29) is 5.91 Å². The van der Waals surface area contributed by atoms with Crippen molar-refractivity contribution in [3.05, 3.63) is 62.4 Å². The van der Waals surface area contributed by atoms with Crippen molar-refractivity contribution >= 4 is 72.8 Å². The Hall–Kier alpha value is -1.97. The van der Waals surface area contributed by atoms with Crippen molar-refractivity contribution in [2.24, 2.45) is 0 Å². The van der Waals surface area contributed by atoms with Crippen molar-refractivity contribution in [3.8, 4) is 10.6 Å². The van der Waals surface area contributed by atoms with E-state index in [1.807, 2.05) is 53.9 Å². The molecule has 0 saturated heterocycles. The number of benzene rings is 1. The van der Waals surface area contributed by atoms with Gasteiger partial charge in [-0.1, -0.05) is 6.07 Å². The van der Waals surface area contributed by atoms with Crippen LogP contribution >= 0.6 is 45.3 Å². The van der Waals surface area contributed by atoms with Gasteiger partial charge in [-0.15, -0.1) is 22.7 Å². The van der Waals surface area contributed by atoms with Gasteiger partial charge in [-0.3, -0.25) is 4.79 Å². The van der Waals surface area contributed by atoms with Crippen molar-refractivity contribution in [2.75, 3.05) is 11.1 Å². The molecular formula is C18H12IN3OS2. The summed E-state index contributed by atoms with van der Waals surface area (Å²) in [7, 11) is 0. The predicted molar refractivity (Wildman–Crippen MR) is 114 cm³/mol. The molecule has 0 spiro atoms. The fraction of sp³-hybridized carbons (Fsp3) is 0. The molecule has 3 aromatic heterocycles. The van der Waals surface area contributed by atoms with Gasteiger partial charge in [0.25, 0.3) is 5.91 Å². The third-order valence-corrected chi connectivity index (χ3v) is 6.40. The molecule has 7 heteroatoms. The molecule has 0 fully saturated rings. The number of hydrogen-bond donors (Lipinski definition) is 2. The zero-order valence-electron chi connectivity index (χ0n) is 12.8. The number of nitrogens with zero attached hydrogens (tertiary/aromatic N) is 1. The van der Waals surface area contributed by atoms with Crippen LogP contribution in [0, 0.1) is 3.57 Å². The number of anilines is 2. The number of aromatic nitrogens is 1. The Kier molecular flexibility index (Phi) is 4.45. The molecule has 0 atom stereocenters. The van der Waals surface area contributed by atoms with Crippen LogP contribution in [0.3, 0.4) is 0 Å². The van der Waals surface area contributed by atoms with Gasteiger partial charge in [0.1, 0.15) is 9.71 Å². The summed E-state index contributed by atoms with van der Waals surface area (Å²) < 4.78 is 1.11. The van der Waals surface area contributed by atoms with E-state index in [0.29, 0.717) is 10.6 Å².